The van der Waals surface area contributed by atoms with E-state index in [1.54, 1.807) is 0 Å². The Kier molecular flexibility index (Phi) is 2.85. The first-order chi connectivity index (χ1) is 7.35. The molecule has 0 aliphatic carbocycles. The number of hydrogen-bond acceptors (Lipinski definition) is 3. The van der Waals surface area contributed by atoms with Gasteiger partial charge in [-0.1, -0.05) is 6.07 Å². The molecule has 1 aromatic heterocycles. The Morgan fingerprint density at radius 2 is 2.47 bits per heavy atom. The zero-order valence-corrected chi connectivity index (χ0v) is 8.81. The second-order valence-electron chi connectivity index (χ2n) is 3.73. The molecule has 0 radical (unpaired) electrons. The van der Waals surface area contributed by atoms with Crippen molar-refractivity contribution in [2.45, 2.75) is 18.9 Å². The molecule has 80 valence electrons. The molecule has 1 amide bonds. The fourth-order valence-corrected chi connectivity index (χ4v) is 2.02. The topological polar surface area (TPSA) is 45.2 Å². The molecule has 15 heavy (non-hydrogen) atoms. The van der Waals surface area contributed by atoms with Gasteiger partial charge in [-0.3, -0.25) is 4.79 Å². The van der Waals surface area contributed by atoms with E-state index in [1.807, 2.05) is 30.3 Å². The normalized spacial score (nSPS) is 20.3. The molecule has 0 bridgehead atoms. The van der Waals surface area contributed by atoms with Crippen molar-refractivity contribution >= 4 is 12.2 Å². The summed E-state index contributed by atoms with van der Waals surface area (Å²) < 4.78 is 0. The number of amides is 1. The number of pyridine rings is 1. The maximum Gasteiger partial charge on any atom is 0.210 e. The number of rotatable bonds is 3. The van der Waals surface area contributed by atoms with E-state index in [1.165, 1.54) is 0 Å². The summed E-state index contributed by atoms with van der Waals surface area (Å²) in [6, 6.07) is 4.20. The van der Waals surface area contributed by atoms with E-state index in [2.05, 4.69) is 10.3 Å². The van der Waals surface area contributed by atoms with E-state index >= 15 is 0 Å². The van der Waals surface area contributed by atoms with Crippen LogP contribution in [0.1, 0.15) is 24.4 Å². The minimum Gasteiger partial charge on any atom is -0.373 e. The van der Waals surface area contributed by atoms with E-state index in [-0.39, 0.29) is 6.04 Å². The molecule has 1 N–H and O–H groups in total. The third-order valence-corrected chi connectivity index (χ3v) is 2.86. The summed E-state index contributed by atoms with van der Waals surface area (Å²) in [6.45, 7) is 0.863. The number of nitrogens with one attached hydrogen (secondary N) is 1. The van der Waals surface area contributed by atoms with Gasteiger partial charge in [0, 0.05) is 19.8 Å². The van der Waals surface area contributed by atoms with Crippen molar-refractivity contribution in [1.29, 1.82) is 0 Å². The summed E-state index contributed by atoms with van der Waals surface area (Å²) in [5.74, 6) is 0.856. The Morgan fingerprint density at radius 1 is 1.60 bits per heavy atom. The zero-order valence-electron chi connectivity index (χ0n) is 8.81. The highest BCUT2D eigenvalue weighted by Crippen LogP contribution is 2.30. The summed E-state index contributed by atoms with van der Waals surface area (Å²) in [4.78, 5) is 16.9. The quantitative estimate of drug-likeness (QED) is 0.759. The summed E-state index contributed by atoms with van der Waals surface area (Å²) >= 11 is 0. The number of carbonyl (C=O) groups excluding carboxylic acids is 1. The van der Waals surface area contributed by atoms with Gasteiger partial charge in [0.05, 0.1) is 6.04 Å². The highest BCUT2D eigenvalue weighted by atomic mass is 16.1. The summed E-state index contributed by atoms with van der Waals surface area (Å²) in [5.41, 5.74) is 1.12. The molecule has 0 aromatic carbocycles. The van der Waals surface area contributed by atoms with Crippen LogP contribution in [0.25, 0.3) is 0 Å². The number of hydrogen-bond donors (Lipinski definition) is 1. The molecule has 4 nitrogen and oxygen atoms in total. The van der Waals surface area contributed by atoms with Gasteiger partial charge in [0.15, 0.2) is 0 Å². The number of carbonyl (C=O) groups is 1. The van der Waals surface area contributed by atoms with E-state index in [0.29, 0.717) is 0 Å². The minimum atomic E-state index is 0.223. The van der Waals surface area contributed by atoms with Crippen molar-refractivity contribution in [1.82, 2.24) is 9.88 Å². The van der Waals surface area contributed by atoms with Crippen LogP contribution in [0.5, 0.6) is 0 Å². The Labute approximate surface area is 89.3 Å². The minimum absolute atomic E-state index is 0.223. The molecular weight excluding hydrogens is 190 g/mol. The first-order valence-electron chi connectivity index (χ1n) is 5.20. The maximum atomic E-state index is 10.8. The van der Waals surface area contributed by atoms with Crippen molar-refractivity contribution in [3.05, 3.63) is 23.9 Å². The standard InChI is InChI=1S/C11H15N3O/c1-12-11-5-4-9(7-13-11)10-3-2-6-14(10)8-15/h4-5,7-8,10H,2-3,6H2,1H3,(H,12,13)/t10-/m1/s1. The average Bonchev–Trinajstić information content (AvgIpc) is 2.77. The van der Waals surface area contributed by atoms with Crippen molar-refractivity contribution in [2.24, 2.45) is 0 Å². The highest BCUT2D eigenvalue weighted by Gasteiger charge is 2.24. The van der Waals surface area contributed by atoms with Crippen LogP contribution in [-0.2, 0) is 4.79 Å². The van der Waals surface area contributed by atoms with Gasteiger partial charge in [-0.2, -0.15) is 0 Å². The van der Waals surface area contributed by atoms with Gasteiger partial charge in [0.25, 0.3) is 0 Å². The van der Waals surface area contributed by atoms with Crippen LogP contribution in [-0.4, -0.2) is 29.9 Å². The van der Waals surface area contributed by atoms with Crippen LogP contribution in [0, 0.1) is 0 Å². The molecule has 0 spiro atoms. The first-order valence-corrected chi connectivity index (χ1v) is 5.20. The van der Waals surface area contributed by atoms with Crippen molar-refractivity contribution < 1.29 is 4.79 Å². The Hall–Kier alpha value is -1.58. The fourth-order valence-electron chi connectivity index (χ4n) is 2.02. The lowest BCUT2D eigenvalue weighted by Gasteiger charge is -2.19. The van der Waals surface area contributed by atoms with E-state index < -0.39 is 0 Å². The van der Waals surface area contributed by atoms with Crippen molar-refractivity contribution in [2.75, 3.05) is 18.9 Å². The van der Waals surface area contributed by atoms with Crippen LogP contribution in [0.15, 0.2) is 18.3 Å². The van der Waals surface area contributed by atoms with Crippen molar-refractivity contribution in [3.63, 3.8) is 0 Å². The maximum absolute atomic E-state index is 10.8. The van der Waals surface area contributed by atoms with Crippen LogP contribution in [0.3, 0.4) is 0 Å². The lowest BCUT2D eigenvalue weighted by molar-refractivity contribution is -0.118. The number of anilines is 1. The third-order valence-electron chi connectivity index (χ3n) is 2.86. The lowest BCUT2D eigenvalue weighted by Crippen LogP contribution is -2.21. The summed E-state index contributed by atoms with van der Waals surface area (Å²) in [7, 11) is 1.84. The Bertz CT molecular complexity index is 336. The number of likely N-dealkylation sites (tertiary alicyclic amines) is 1. The first kappa shape index (κ1) is 9.96. The molecular formula is C11H15N3O. The molecule has 1 atom stereocenters. The lowest BCUT2D eigenvalue weighted by atomic mass is 10.1. The van der Waals surface area contributed by atoms with E-state index in [4.69, 9.17) is 0 Å². The largest absolute Gasteiger partial charge is 0.373 e. The van der Waals surface area contributed by atoms with Gasteiger partial charge in [0.2, 0.25) is 6.41 Å². The van der Waals surface area contributed by atoms with Crippen molar-refractivity contribution in [3.8, 4) is 0 Å². The molecule has 2 heterocycles. The van der Waals surface area contributed by atoms with Gasteiger partial charge in [-0.15, -0.1) is 0 Å². The number of nitrogens with zero attached hydrogens (tertiary/aromatic N) is 2. The van der Waals surface area contributed by atoms with E-state index in [9.17, 15) is 4.79 Å². The smallest absolute Gasteiger partial charge is 0.210 e. The predicted octanol–water partition coefficient (Wildman–Crippen LogP) is 1.42. The second kappa shape index (κ2) is 4.29. The van der Waals surface area contributed by atoms with Crippen LogP contribution in [0.2, 0.25) is 0 Å². The van der Waals surface area contributed by atoms with Crippen LogP contribution < -0.4 is 5.32 Å². The van der Waals surface area contributed by atoms with Gasteiger partial charge < -0.3 is 10.2 Å². The molecule has 1 fully saturated rings. The molecule has 1 aliphatic heterocycles. The van der Waals surface area contributed by atoms with Gasteiger partial charge in [0.1, 0.15) is 5.82 Å². The zero-order chi connectivity index (χ0) is 10.7. The Balaban J connectivity index is 2.17. The Morgan fingerprint density at radius 3 is 3.07 bits per heavy atom. The molecule has 1 aliphatic rings. The van der Waals surface area contributed by atoms with Gasteiger partial charge in [-0.05, 0) is 24.5 Å². The molecule has 0 unspecified atom stereocenters. The highest BCUT2D eigenvalue weighted by molar-refractivity contribution is 5.49. The summed E-state index contributed by atoms with van der Waals surface area (Å²) in [6.07, 6.45) is 4.90. The molecule has 1 aromatic rings. The molecule has 2 rings (SSSR count). The third kappa shape index (κ3) is 1.93. The van der Waals surface area contributed by atoms with Gasteiger partial charge in [-0.25, -0.2) is 4.98 Å². The fraction of sp³-hybridized carbons (Fsp3) is 0.455. The van der Waals surface area contributed by atoms with Crippen LogP contribution >= 0.6 is 0 Å². The average molecular weight is 205 g/mol. The molecule has 1 saturated heterocycles. The predicted molar refractivity (Wildman–Crippen MR) is 58.5 cm³/mol. The molecule has 4 heteroatoms. The monoisotopic (exact) mass is 205 g/mol. The number of aromatic nitrogens is 1. The SMILES string of the molecule is CNc1ccc([C@H]2CCCN2C=O)cn1. The van der Waals surface area contributed by atoms with E-state index in [0.717, 1.165) is 37.2 Å². The molecule has 0 saturated carbocycles. The van der Waals surface area contributed by atoms with Gasteiger partial charge >= 0.3 is 0 Å². The summed E-state index contributed by atoms with van der Waals surface area (Å²) in [5, 5.41) is 2.98. The second-order valence-corrected chi connectivity index (χ2v) is 3.73. The van der Waals surface area contributed by atoms with Crippen LogP contribution in [0.4, 0.5) is 5.82 Å².